The minimum Gasteiger partial charge on any atom is -0.490 e. The lowest BCUT2D eigenvalue weighted by Crippen LogP contribution is -2.39. The molecular weight excluding hydrogens is 440 g/mol. The molecule has 5 nitrogen and oxygen atoms in total. The Morgan fingerprint density at radius 1 is 1.23 bits per heavy atom. The number of rotatable bonds is 7. The number of carbonyl (C=O) groups is 1. The zero-order valence-electron chi connectivity index (χ0n) is 14.1. The summed E-state index contributed by atoms with van der Waals surface area (Å²) in [4.78, 5) is 12.5. The summed E-state index contributed by atoms with van der Waals surface area (Å²) < 4.78 is 11.3. The van der Waals surface area contributed by atoms with Crippen molar-refractivity contribution in [3.05, 3.63) is 63.1 Å². The lowest BCUT2D eigenvalue weighted by Gasteiger charge is -2.14. The summed E-state index contributed by atoms with van der Waals surface area (Å²) in [6, 6.07) is 12.6. The first-order valence-electron chi connectivity index (χ1n) is 7.75. The molecule has 0 spiro atoms. The highest BCUT2D eigenvalue weighted by Gasteiger charge is 2.15. The SMILES string of the molecule is COCCOc1ccc(Br)cc1C(=O)NC(=S)NCc1ccccc1Cl. The van der Waals surface area contributed by atoms with Gasteiger partial charge in [-0.05, 0) is 42.0 Å². The molecule has 0 heterocycles. The zero-order chi connectivity index (χ0) is 18.9. The van der Waals surface area contributed by atoms with Crippen LogP contribution in [0.15, 0.2) is 46.9 Å². The van der Waals surface area contributed by atoms with Gasteiger partial charge in [-0.25, -0.2) is 0 Å². The predicted molar refractivity (Wildman–Crippen MR) is 110 cm³/mol. The van der Waals surface area contributed by atoms with Crippen molar-refractivity contribution in [3.8, 4) is 5.75 Å². The maximum absolute atomic E-state index is 12.5. The molecule has 2 aromatic carbocycles. The molecule has 0 saturated heterocycles. The topological polar surface area (TPSA) is 59.6 Å². The summed E-state index contributed by atoms with van der Waals surface area (Å²) in [6.45, 7) is 1.18. The average molecular weight is 458 g/mol. The average Bonchev–Trinajstić information content (AvgIpc) is 2.62. The highest BCUT2D eigenvalue weighted by molar-refractivity contribution is 9.10. The minimum atomic E-state index is -0.365. The quantitative estimate of drug-likeness (QED) is 0.487. The van der Waals surface area contributed by atoms with E-state index < -0.39 is 0 Å². The third kappa shape index (κ3) is 6.25. The molecule has 0 aromatic heterocycles. The highest BCUT2D eigenvalue weighted by Crippen LogP contribution is 2.23. The van der Waals surface area contributed by atoms with Gasteiger partial charge in [0.25, 0.3) is 5.91 Å². The Morgan fingerprint density at radius 3 is 2.73 bits per heavy atom. The molecule has 26 heavy (non-hydrogen) atoms. The number of hydrogen-bond donors (Lipinski definition) is 2. The van der Waals surface area contributed by atoms with E-state index in [0.717, 1.165) is 10.0 Å². The van der Waals surface area contributed by atoms with Crippen molar-refractivity contribution < 1.29 is 14.3 Å². The lowest BCUT2D eigenvalue weighted by molar-refractivity contribution is 0.0968. The van der Waals surface area contributed by atoms with Crippen LogP contribution in [0.1, 0.15) is 15.9 Å². The smallest absolute Gasteiger partial charge is 0.261 e. The van der Waals surface area contributed by atoms with Gasteiger partial charge < -0.3 is 14.8 Å². The second-order valence-electron chi connectivity index (χ2n) is 5.21. The van der Waals surface area contributed by atoms with Crippen LogP contribution in [-0.2, 0) is 11.3 Å². The van der Waals surface area contributed by atoms with E-state index in [1.54, 1.807) is 31.4 Å². The van der Waals surface area contributed by atoms with Crippen LogP contribution in [0.5, 0.6) is 5.75 Å². The van der Waals surface area contributed by atoms with E-state index >= 15 is 0 Å². The van der Waals surface area contributed by atoms with Crippen LogP contribution in [0.4, 0.5) is 0 Å². The Bertz CT molecular complexity index is 789. The molecule has 0 fully saturated rings. The van der Waals surface area contributed by atoms with Gasteiger partial charge in [0.05, 0.1) is 12.2 Å². The first-order valence-corrected chi connectivity index (χ1v) is 9.33. The van der Waals surface area contributed by atoms with Crippen LogP contribution in [0, 0.1) is 0 Å². The van der Waals surface area contributed by atoms with E-state index in [9.17, 15) is 4.79 Å². The Hall–Kier alpha value is -1.67. The summed E-state index contributed by atoms with van der Waals surface area (Å²) >= 11 is 14.7. The van der Waals surface area contributed by atoms with Crippen LogP contribution < -0.4 is 15.4 Å². The fourth-order valence-electron chi connectivity index (χ4n) is 2.07. The lowest BCUT2D eigenvalue weighted by atomic mass is 10.2. The Labute approximate surface area is 171 Å². The molecule has 0 radical (unpaired) electrons. The molecule has 0 aliphatic heterocycles. The maximum atomic E-state index is 12.5. The van der Waals surface area contributed by atoms with Gasteiger partial charge in [0.2, 0.25) is 0 Å². The van der Waals surface area contributed by atoms with E-state index in [1.807, 2.05) is 18.2 Å². The van der Waals surface area contributed by atoms with Gasteiger partial charge in [-0.3, -0.25) is 10.1 Å². The molecule has 0 aliphatic carbocycles. The van der Waals surface area contributed by atoms with Crippen molar-refractivity contribution in [1.82, 2.24) is 10.6 Å². The van der Waals surface area contributed by atoms with Crippen LogP contribution >= 0.6 is 39.7 Å². The summed E-state index contributed by atoms with van der Waals surface area (Å²) in [5.74, 6) is 0.0898. The zero-order valence-corrected chi connectivity index (χ0v) is 17.2. The van der Waals surface area contributed by atoms with Gasteiger partial charge in [0.1, 0.15) is 12.4 Å². The molecule has 0 aliphatic rings. The monoisotopic (exact) mass is 456 g/mol. The van der Waals surface area contributed by atoms with Crippen LogP contribution in [0.25, 0.3) is 0 Å². The number of thiocarbonyl (C=S) groups is 1. The van der Waals surface area contributed by atoms with Gasteiger partial charge in [-0.2, -0.15) is 0 Å². The fraction of sp³-hybridized carbons (Fsp3) is 0.222. The third-order valence-electron chi connectivity index (χ3n) is 3.36. The summed E-state index contributed by atoms with van der Waals surface area (Å²) in [7, 11) is 1.58. The van der Waals surface area contributed by atoms with Crippen molar-refractivity contribution in [1.29, 1.82) is 0 Å². The first kappa shape index (κ1) is 20.6. The normalized spacial score (nSPS) is 10.3. The Kier molecular flexibility index (Phi) is 8.31. The van der Waals surface area contributed by atoms with Crippen molar-refractivity contribution in [2.75, 3.05) is 20.3 Å². The number of ether oxygens (including phenoxy) is 2. The van der Waals surface area contributed by atoms with E-state index in [-0.39, 0.29) is 11.0 Å². The van der Waals surface area contributed by atoms with Gasteiger partial charge >= 0.3 is 0 Å². The van der Waals surface area contributed by atoms with Crippen LogP contribution in [-0.4, -0.2) is 31.3 Å². The third-order valence-corrected chi connectivity index (χ3v) is 4.46. The number of nitrogens with one attached hydrogen (secondary N) is 2. The largest absolute Gasteiger partial charge is 0.490 e. The summed E-state index contributed by atoms with van der Waals surface area (Å²) in [5.41, 5.74) is 1.26. The molecule has 0 saturated carbocycles. The summed E-state index contributed by atoms with van der Waals surface area (Å²) in [6.07, 6.45) is 0. The second kappa shape index (κ2) is 10.5. The number of benzene rings is 2. The van der Waals surface area contributed by atoms with Crippen LogP contribution in [0.2, 0.25) is 5.02 Å². The van der Waals surface area contributed by atoms with Gasteiger partial charge in [-0.15, -0.1) is 0 Å². The molecule has 0 atom stereocenters. The molecule has 2 rings (SSSR count). The molecule has 2 N–H and O–H groups in total. The van der Waals surface area contributed by atoms with E-state index in [2.05, 4.69) is 26.6 Å². The summed E-state index contributed by atoms with van der Waals surface area (Å²) in [5, 5.41) is 6.46. The van der Waals surface area contributed by atoms with Crippen LogP contribution in [0.3, 0.4) is 0 Å². The molecule has 0 unspecified atom stereocenters. The number of methoxy groups -OCH3 is 1. The number of carbonyl (C=O) groups excluding carboxylic acids is 1. The van der Waals surface area contributed by atoms with E-state index in [0.29, 0.717) is 36.1 Å². The van der Waals surface area contributed by atoms with Crippen molar-refractivity contribution in [3.63, 3.8) is 0 Å². The van der Waals surface area contributed by atoms with Crippen molar-refractivity contribution >= 4 is 50.8 Å². The Balaban J connectivity index is 1.98. The van der Waals surface area contributed by atoms with Gasteiger partial charge in [-0.1, -0.05) is 45.7 Å². The minimum absolute atomic E-state index is 0.206. The van der Waals surface area contributed by atoms with Gasteiger partial charge in [0.15, 0.2) is 5.11 Å². The fourth-order valence-corrected chi connectivity index (χ4v) is 2.80. The van der Waals surface area contributed by atoms with E-state index in [1.165, 1.54) is 0 Å². The second-order valence-corrected chi connectivity index (χ2v) is 6.94. The highest BCUT2D eigenvalue weighted by atomic mass is 79.9. The standard InChI is InChI=1S/C18H18BrClN2O3S/c1-24-8-9-25-16-7-6-13(19)10-14(16)17(23)22-18(26)21-11-12-4-2-3-5-15(12)20/h2-7,10H,8-9,11H2,1H3,(H2,21,22,23,26). The molecule has 2 aromatic rings. The number of halogens is 2. The van der Waals surface area contributed by atoms with Crippen molar-refractivity contribution in [2.24, 2.45) is 0 Å². The molecular formula is C18H18BrClN2O3S. The number of hydrogen-bond acceptors (Lipinski definition) is 4. The number of amides is 1. The van der Waals surface area contributed by atoms with E-state index in [4.69, 9.17) is 33.3 Å². The maximum Gasteiger partial charge on any atom is 0.261 e. The molecule has 1 amide bonds. The van der Waals surface area contributed by atoms with Crippen molar-refractivity contribution in [2.45, 2.75) is 6.54 Å². The predicted octanol–water partition coefficient (Wildman–Crippen LogP) is 3.93. The molecule has 138 valence electrons. The Morgan fingerprint density at radius 2 is 2.00 bits per heavy atom. The molecule has 0 bridgehead atoms. The van der Waals surface area contributed by atoms with Gasteiger partial charge in [0, 0.05) is 23.1 Å². The molecule has 8 heteroatoms. The first-order chi connectivity index (χ1) is 12.5.